The summed E-state index contributed by atoms with van der Waals surface area (Å²) in [5, 5.41) is 14.5. The second-order valence-electron chi connectivity index (χ2n) is 5.69. The third kappa shape index (κ3) is 3.05. The van der Waals surface area contributed by atoms with Crippen LogP contribution in [0.1, 0.15) is 19.4 Å². The second-order valence-corrected chi connectivity index (χ2v) is 6.99. The summed E-state index contributed by atoms with van der Waals surface area (Å²) in [6.45, 7) is 4.79. The maximum atomic E-state index is 5.53. The Balaban J connectivity index is 1.74. The lowest BCUT2D eigenvalue weighted by molar-refractivity contribution is 0.340. The number of thioether (sulfide) groups is 1. The van der Waals surface area contributed by atoms with Gasteiger partial charge < -0.3 is 4.74 Å². The van der Waals surface area contributed by atoms with Crippen molar-refractivity contribution in [3.05, 3.63) is 60.2 Å². The van der Waals surface area contributed by atoms with Gasteiger partial charge in [-0.1, -0.05) is 42.1 Å². The van der Waals surface area contributed by atoms with Gasteiger partial charge in [0.1, 0.15) is 5.75 Å². The highest BCUT2D eigenvalue weighted by molar-refractivity contribution is 8.00. The van der Waals surface area contributed by atoms with Gasteiger partial charge in [-0.25, -0.2) is 0 Å². The fourth-order valence-corrected chi connectivity index (χ4v) is 3.71. The van der Waals surface area contributed by atoms with Crippen molar-refractivity contribution in [1.82, 2.24) is 14.9 Å². The summed E-state index contributed by atoms with van der Waals surface area (Å²) in [5.74, 6) is 1.64. The van der Waals surface area contributed by atoms with Crippen molar-refractivity contribution < 1.29 is 4.74 Å². The lowest BCUT2D eigenvalue weighted by atomic mass is 10.1. The zero-order valence-electron chi connectivity index (χ0n) is 14.1. The molecule has 0 amide bonds. The number of ether oxygens (including phenoxy) is 1. The molecule has 0 radical (unpaired) electrons. The van der Waals surface area contributed by atoms with E-state index in [0.29, 0.717) is 6.61 Å². The zero-order valence-corrected chi connectivity index (χ0v) is 14.9. The third-order valence-electron chi connectivity index (χ3n) is 3.98. The van der Waals surface area contributed by atoms with Crippen LogP contribution in [0.15, 0.2) is 64.9 Å². The predicted molar refractivity (Wildman–Crippen MR) is 100 cm³/mol. The number of rotatable bonds is 4. The largest absolute Gasteiger partial charge is 0.494 e. The summed E-state index contributed by atoms with van der Waals surface area (Å²) >= 11 is 1.67. The van der Waals surface area contributed by atoms with E-state index in [1.165, 1.54) is 0 Å². The minimum Gasteiger partial charge on any atom is -0.494 e. The van der Waals surface area contributed by atoms with E-state index in [2.05, 4.69) is 29.3 Å². The van der Waals surface area contributed by atoms with Gasteiger partial charge in [-0.15, -0.1) is 10.2 Å². The number of nitrogens with zero attached hydrogens (tertiary/aromatic N) is 4. The smallest absolute Gasteiger partial charge is 0.213 e. The predicted octanol–water partition coefficient (Wildman–Crippen LogP) is 4.09. The molecule has 2 aromatic carbocycles. The monoisotopic (exact) mass is 350 g/mol. The molecule has 0 bridgehead atoms. The van der Waals surface area contributed by atoms with Crippen molar-refractivity contribution in [2.75, 3.05) is 6.61 Å². The van der Waals surface area contributed by atoms with E-state index in [1.54, 1.807) is 11.8 Å². The minimum absolute atomic E-state index is 0.207. The summed E-state index contributed by atoms with van der Waals surface area (Å²) in [7, 11) is 0. The Labute approximate surface area is 150 Å². The average molecular weight is 350 g/mol. The van der Waals surface area contributed by atoms with Crippen LogP contribution in [0.3, 0.4) is 0 Å². The molecule has 1 atom stereocenters. The average Bonchev–Trinajstić information content (AvgIpc) is 3.05. The summed E-state index contributed by atoms with van der Waals surface area (Å²) in [5.41, 5.74) is 3.10. The molecule has 5 nitrogen and oxygen atoms in total. The Morgan fingerprint density at radius 2 is 1.76 bits per heavy atom. The molecule has 3 aromatic rings. The fraction of sp³-hybridized carbons (Fsp3) is 0.211. The highest BCUT2D eigenvalue weighted by atomic mass is 32.2. The van der Waals surface area contributed by atoms with Crippen molar-refractivity contribution in [3.63, 3.8) is 0 Å². The van der Waals surface area contributed by atoms with Crippen molar-refractivity contribution in [2.24, 2.45) is 5.10 Å². The maximum Gasteiger partial charge on any atom is 0.213 e. The SMILES string of the molecule is CCOc1ccc(C2=Nn3c(nnc3-c3ccccc3)S[C@@H]2C)cc1. The number of hydrogen-bond donors (Lipinski definition) is 0. The number of benzene rings is 2. The number of hydrogen-bond acceptors (Lipinski definition) is 5. The van der Waals surface area contributed by atoms with E-state index < -0.39 is 0 Å². The highest BCUT2D eigenvalue weighted by Gasteiger charge is 2.26. The molecule has 0 aliphatic carbocycles. The molecular formula is C19H18N4OS. The Morgan fingerprint density at radius 1 is 1.00 bits per heavy atom. The van der Waals surface area contributed by atoms with Crippen LogP contribution in [0.25, 0.3) is 11.4 Å². The van der Waals surface area contributed by atoms with Gasteiger partial charge in [-0.05, 0) is 43.7 Å². The minimum atomic E-state index is 0.207. The van der Waals surface area contributed by atoms with E-state index in [-0.39, 0.29) is 5.25 Å². The third-order valence-corrected chi connectivity index (χ3v) is 5.02. The van der Waals surface area contributed by atoms with E-state index in [1.807, 2.05) is 54.1 Å². The summed E-state index contributed by atoms with van der Waals surface area (Å²) in [4.78, 5) is 0. The molecule has 0 saturated carbocycles. The molecule has 2 heterocycles. The maximum absolute atomic E-state index is 5.53. The first-order valence-corrected chi connectivity index (χ1v) is 9.14. The van der Waals surface area contributed by atoms with E-state index in [4.69, 9.17) is 9.84 Å². The molecule has 1 aromatic heterocycles. The van der Waals surface area contributed by atoms with Crippen molar-refractivity contribution in [2.45, 2.75) is 24.3 Å². The Morgan fingerprint density at radius 3 is 2.48 bits per heavy atom. The Bertz CT molecular complexity index is 903. The van der Waals surface area contributed by atoms with Gasteiger partial charge in [-0.2, -0.15) is 9.78 Å². The van der Waals surface area contributed by atoms with Crippen molar-refractivity contribution >= 4 is 17.5 Å². The van der Waals surface area contributed by atoms with Gasteiger partial charge in [0.25, 0.3) is 0 Å². The summed E-state index contributed by atoms with van der Waals surface area (Å²) < 4.78 is 7.36. The van der Waals surface area contributed by atoms with Crippen LogP contribution < -0.4 is 4.74 Å². The molecule has 0 spiro atoms. The first-order chi connectivity index (χ1) is 12.3. The fourth-order valence-electron chi connectivity index (χ4n) is 2.78. The summed E-state index contributed by atoms with van der Waals surface area (Å²) in [6, 6.07) is 18.1. The number of fused-ring (bicyclic) bond motifs is 1. The lowest BCUT2D eigenvalue weighted by Crippen LogP contribution is -2.21. The molecule has 6 heteroatoms. The zero-order chi connectivity index (χ0) is 17.2. The van der Waals surface area contributed by atoms with Gasteiger partial charge in [-0.3, -0.25) is 0 Å². The molecule has 1 aliphatic rings. The quantitative estimate of drug-likeness (QED) is 0.711. The topological polar surface area (TPSA) is 52.3 Å². The van der Waals surface area contributed by atoms with Crippen LogP contribution in [-0.4, -0.2) is 32.4 Å². The molecular weight excluding hydrogens is 332 g/mol. The van der Waals surface area contributed by atoms with Gasteiger partial charge in [0.15, 0.2) is 5.82 Å². The lowest BCUT2D eigenvalue weighted by Gasteiger charge is -2.20. The van der Waals surface area contributed by atoms with Crippen LogP contribution in [0, 0.1) is 0 Å². The highest BCUT2D eigenvalue weighted by Crippen LogP contribution is 2.32. The van der Waals surface area contributed by atoms with Crippen LogP contribution in [-0.2, 0) is 0 Å². The first kappa shape index (κ1) is 15.9. The molecule has 25 heavy (non-hydrogen) atoms. The van der Waals surface area contributed by atoms with Gasteiger partial charge in [0.2, 0.25) is 5.16 Å². The normalized spacial score (nSPS) is 16.2. The summed E-state index contributed by atoms with van der Waals surface area (Å²) in [6.07, 6.45) is 0. The van der Waals surface area contributed by atoms with Gasteiger partial charge in [0, 0.05) is 5.56 Å². The molecule has 0 N–H and O–H groups in total. The van der Waals surface area contributed by atoms with E-state index in [9.17, 15) is 0 Å². The van der Waals surface area contributed by atoms with Crippen molar-refractivity contribution in [1.29, 1.82) is 0 Å². The molecule has 0 saturated heterocycles. The second kappa shape index (κ2) is 6.72. The van der Waals surface area contributed by atoms with Gasteiger partial charge in [0.05, 0.1) is 17.6 Å². The van der Waals surface area contributed by atoms with Crippen LogP contribution >= 0.6 is 11.8 Å². The molecule has 126 valence electrons. The van der Waals surface area contributed by atoms with Crippen LogP contribution in [0.4, 0.5) is 0 Å². The van der Waals surface area contributed by atoms with Gasteiger partial charge >= 0.3 is 0 Å². The van der Waals surface area contributed by atoms with E-state index >= 15 is 0 Å². The van der Waals surface area contributed by atoms with E-state index in [0.717, 1.165) is 33.6 Å². The molecule has 4 rings (SSSR count). The van der Waals surface area contributed by atoms with Crippen LogP contribution in [0.2, 0.25) is 0 Å². The van der Waals surface area contributed by atoms with Crippen molar-refractivity contribution in [3.8, 4) is 17.1 Å². The Kier molecular flexibility index (Phi) is 4.28. The standard InChI is InChI=1S/C19H18N4OS/c1-3-24-16-11-9-14(10-12-16)17-13(2)25-19-21-20-18(23(19)22-17)15-7-5-4-6-8-15/h4-13H,3H2,1-2H3/t13-/m1/s1. The molecule has 0 unspecified atom stereocenters. The Hall–Kier alpha value is -2.60. The van der Waals surface area contributed by atoms with Crippen LogP contribution in [0.5, 0.6) is 5.75 Å². The molecule has 1 aliphatic heterocycles. The molecule has 0 fully saturated rings. The first-order valence-electron chi connectivity index (χ1n) is 8.26. The number of aromatic nitrogens is 3.